The third kappa shape index (κ3) is 5.57. The minimum Gasteiger partial charge on any atom is -0.131 e. The van der Waals surface area contributed by atoms with E-state index in [4.69, 9.17) is 0 Å². The van der Waals surface area contributed by atoms with Crippen molar-refractivity contribution >= 4 is 5.70 Å². The normalized spacial score (nSPS) is 9.62. The molecule has 0 aliphatic carbocycles. The highest BCUT2D eigenvalue weighted by atomic mass is 15.6. The van der Waals surface area contributed by atoms with Gasteiger partial charge in [0.2, 0.25) is 5.82 Å². The van der Waals surface area contributed by atoms with Crippen molar-refractivity contribution in [1.82, 2.24) is 20.2 Å². The summed E-state index contributed by atoms with van der Waals surface area (Å²) >= 11 is 0. The second-order valence-corrected chi connectivity index (χ2v) is 3.30. The van der Waals surface area contributed by atoms with Crippen LogP contribution in [0.3, 0.4) is 0 Å². The van der Waals surface area contributed by atoms with Gasteiger partial charge in [-0.1, -0.05) is 77.3 Å². The molecule has 2 aromatic rings. The number of benzene rings is 1. The summed E-state index contributed by atoms with van der Waals surface area (Å²) in [4.78, 5) is 1.43. The van der Waals surface area contributed by atoms with Crippen LogP contribution in [0.25, 0.3) is 17.1 Å². The molecule has 0 spiro atoms. The van der Waals surface area contributed by atoms with Crippen molar-refractivity contribution in [2.24, 2.45) is 0 Å². The average molecular weight is 284 g/mol. The lowest BCUT2D eigenvalue weighted by Crippen LogP contribution is -1.99. The van der Waals surface area contributed by atoms with E-state index in [1.807, 2.05) is 58.0 Å². The van der Waals surface area contributed by atoms with E-state index < -0.39 is 0 Å². The lowest BCUT2D eigenvalue weighted by atomic mass is 10.2. The van der Waals surface area contributed by atoms with Gasteiger partial charge < -0.3 is 0 Å². The van der Waals surface area contributed by atoms with Crippen LogP contribution in [0.15, 0.2) is 61.7 Å². The van der Waals surface area contributed by atoms with Crippen LogP contribution in [0.4, 0.5) is 0 Å². The molecule has 0 N–H and O–H groups in total. The molecule has 0 saturated carbocycles. The Balaban J connectivity index is 0.000000921. The van der Waals surface area contributed by atoms with Gasteiger partial charge >= 0.3 is 0 Å². The van der Waals surface area contributed by atoms with Gasteiger partial charge in [0.25, 0.3) is 0 Å². The predicted molar refractivity (Wildman–Crippen MR) is 90.6 cm³/mol. The standard InChI is InChI=1S/C13H12N4.2C2H6/c1-3-8-12(4-2)17-15-13(14-16-17)11-9-6-5-7-10-11;2*1-2/h3-10H,1-2H2;2*1-2H3/b12-8+;;. The summed E-state index contributed by atoms with van der Waals surface area (Å²) < 4.78 is 0. The minimum absolute atomic E-state index is 0.586. The summed E-state index contributed by atoms with van der Waals surface area (Å²) in [6.07, 6.45) is 5.07. The van der Waals surface area contributed by atoms with E-state index in [0.717, 1.165) is 11.3 Å². The fourth-order valence-electron chi connectivity index (χ4n) is 1.36. The second-order valence-electron chi connectivity index (χ2n) is 3.30. The van der Waals surface area contributed by atoms with Crippen LogP contribution in [-0.2, 0) is 0 Å². The topological polar surface area (TPSA) is 43.6 Å². The van der Waals surface area contributed by atoms with Crippen molar-refractivity contribution in [2.45, 2.75) is 27.7 Å². The summed E-state index contributed by atoms with van der Waals surface area (Å²) in [5, 5.41) is 12.2. The first-order chi connectivity index (χ1) is 10.3. The zero-order chi connectivity index (χ0) is 16.1. The molecule has 0 amide bonds. The van der Waals surface area contributed by atoms with Crippen molar-refractivity contribution in [3.05, 3.63) is 61.7 Å². The molecule has 1 heterocycles. The summed E-state index contributed by atoms with van der Waals surface area (Å²) in [7, 11) is 0. The zero-order valence-corrected chi connectivity index (χ0v) is 13.3. The van der Waals surface area contributed by atoms with Crippen LogP contribution >= 0.6 is 0 Å². The molecule has 2 rings (SSSR count). The maximum absolute atomic E-state index is 4.28. The molecule has 0 aliphatic rings. The van der Waals surface area contributed by atoms with E-state index in [1.165, 1.54) is 4.80 Å². The molecule has 0 atom stereocenters. The lowest BCUT2D eigenvalue weighted by Gasteiger charge is -1.96. The fourth-order valence-corrected chi connectivity index (χ4v) is 1.36. The minimum atomic E-state index is 0.586. The zero-order valence-electron chi connectivity index (χ0n) is 13.3. The molecule has 0 saturated heterocycles. The van der Waals surface area contributed by atoms with Crippen LogP contribution in [0.2, 0.25) is 0 Å². The van der Waals surface area contributed by atoms with Crippen molar-refractivity contribution in [3.63, 3.8) is 0 Å². The number of hydrogen-bond donors (Lipinski definition) is 0. The molecule has 112 valence electrons. The number of aromatic nitrogens is 4. The highest BCUT2D eigenvalue weighted by Gasteiger charge is 2.06. The summed E-state index contributed by atoms with van der Waals surface area (Å²) in [6.45, 7) is 15.3. The van der Waals surface area contributed by atoms with E-state index in [9.17, 15) is 0 Å². The molecular formula is C17H24N4. The highest BCUT2D eigenvalue weighted by molar-refractivity contribution is 5.58. The van der Waals surface area contributed by atoms with E-state index in [0.29, 0.717) is 5.82 Å². The molecule has 4 nitrogen and oxygen atoms in total. The van der Waals surface area contributed by atoms with Crippen LogP contribution in [0.1, 0.15) is 27.7 Å². The second kappa shape index (κ2) is 11.3. The first-order valence-corrected chi connectivity index (χ1v) is 7.16. The van der Waals surface area contributed by atoms with Crippen molar-refractivity contribution in [2.75, 3.05) is 0 Å². The first kappa shape index (κ1) is 18.5. The Morgan fingerprint density at radius 2 is 1.67 bits per heavy atom. The van der Waals surface area contributed by atoms with Gasteiger partial charge in [-0.3, -0.25) is 0 Å². The first-order valence-electron chi connectivity index (χ1n) is 7.16. The van der Waals surface area contributed by atoms with Gasteiger partial charge in [-0.05, 0) is 17.4 Å². The lowest BCUT2D eigenvalue weighted by molar-refractivity contribution is 0.742. The average Bonchev–Trinajstić information content (AvgIpc) is 3.07. The molecule has 0 bridgehead atoms. The van der Waals surface area contributed by atoms with Crippen molar-refractivity contribution in [3.8, 4) is 11.4 Å². The van der Waals surface area contributed by atoms with Crippen molar-refractivity contribution in [1.29, 1.82) is 0 Å². The third-order valence-electron chi connectivity index (χ3n) is 2.17. The van der Waals surface area contributed by atoms with Gasteiger partial charge in [-0.2, -0.15) is 0 Å². The fraction of sp³-hybridized carbons (Fsp3) is 0.235. The van der Waals surface area contributed by atoms with E-state index in [-0.39, 0.29) is 0 Å². The van der Waals surface area contributed by atoms with E-state index >= 15 is 0 Å². The quantitative estimate of drug-likeness (QED) is 0.770. The third-order valence-corrected chi connectivity index (χ3v) is 2.17. The summed E-state index contributed by atoms with van der Waals surface area (Å²) in [5.74, 6) is 0.586. The van der Waals surface area contributed by atoms with Crippen LogP contribution < -0.4 is 0 Å². The molecule has 0 aliphatic heterocycles. The van der Waals surface area contributed by atoms with Gasteiger partial charge in [0.1, 0.15) is 0 Å². The molecule has 0 fully saturated rings. The maximum Gasteiger partial charge on any atom is 0.205 e. The Bertz CT molecular complexity index is 553. The van der Waals surface area contributed by atoms with Gasteiger partial charge in [0, 0.05) is 5.56 Å². The monoisotopic (exact) mass is 284 g/mol. The molecule has 1 aromatic carbocycles. The largest absolute Gasteiger partial charge is 0.205 e. The SMILES string of the molecule is C=C/C=C(\C=C)n1nnc(-c2ccccc2)n1.CC.CC. The van der Waals surface area contributed by atoms with Crippen LogP contribution in [-0.4, -0.2) is 20.2 Å². The Labute approximate surface area is 127 Å². The van der Waals surface area contributed by atoms with E-state index in [2.05, 4.69) is 28.6 Å². The maximum atomic E-state index is 4.28. The number of rotatable bonds is 4. The Morgan fingerprint density at radius 1 is 1.05 bits per heavy atom. The van der Waals surface area contributed by atoms with Crippen LogP contribution in [0, 0.1) is 0 Å². The highest BCUT2D eigenvalue weighted by Crippen LogP contribution is 2.13. The predicted octanol–water partition coefficient (Wildman–Crippen LogP) is 4.61. The van der Waals surface area contributed by atoms with Gasteiger partial charge in [0.15, 0.2) is 0 Å². The number of allylic oxidation sites excluding steroid dienone is 4. The van der Waals surface area contributed by atoms with Gasteiger partial charge in [-0.25, -0.2) is 0 Å². The Hall–Kier alpha value is -2.49. The Morgan fingerprint density at radius 3 is 2.19 bits per heavy atom. The molecular weight excluding hydrogens is 260 g/mol. The van der Waals surface area contributed by atoms with Crippen LogP contribution in [0.5, 0.6) is 0 Å². The number of nitrogens with zero attached hydrogens (tertiary/aromatic N) is 4. The molecule has 0 radical (unpaired) electrons. The Kier molecular flexibility index (Phi) is 10.0. The van der Waals surface area contributed by atoms with Crippen molar-refractivity contribution < 1.29 is 0 Å². The summed E-state index contributed by atoms with van der Waals surface area (Å²) in [6, 6.07) is 9.69. The number of hydrogen-bond acceptors (Lipinski definition) is 3. The van der Waals surface area contributed by atoms with Gasteiger partial charge in [0.05, 0.1) is 5.70 Å². The smallest absolute Gasteiger partial charge is 0.131 e. The van der Waals surface area contributed by atoms with Gasteiger partial charge in [-0.15, -0.1) is 15.0 Å². The molecule has 4 heteroatoms. The molecule has 21 heavy (non-hydrogen) atoms. The molecule has 1 aromatic heterocycles. The summed E-state index contributed by atoms with van der Waals surface area (Å²) in [5.41, 5.74) is 1.66. The molecule has 0 unspecified atom stereocenters. The van der Waals surface area contributed by atoms with E-state index in [1.54, 1.807) is 18.2 Å². The number of tetrazole rings is 1.